The lowest BCUT2D eigenvalue weighted by molar-refractivity contribution is -0.385. The average Bonchev–Trinajstić information content (AvgIpc) is 2.52. The molecular weight excluding hydrogens is 298 g/mol. The molecule has 0 saturated heterocycles. The van der Waals surface area contributed by atoms with Crippen molar-refractivity contribution in [3.8, 4) is 5.75 Å². The van der Waals surface area contributed by atoms with Crippen molar-refractivity contribution in [1.29, 1.82) is 0 Å². The third-order valence-corrected chi connectivity index (χ3v) is 3.24. The summed E-state index contributed by atoms with van der Waals surface area (Å²) in [6.07, 6.45) is 0. The van der Waals surface area contributed by atoms with Gasteiger partial charge in [-0.2, -0.15) is 0 Å². The zero-order chi connectivity index (χ0) is 16.8. The fraction of sp³-hybridized carbons (Fsp3) is 0.235. The number of esters is 1. The maximum atomic E-state index is 11.9. The molecule has 0 radical (unpaired) electrons. The number of rotatable bonds is 6. The van der Waals surface area contributed by atoms with E-state index in [4.69, 9.17) is 9.47 Å². The van der Waals surface area contributed by atoms with Crippen LogP contribution in [0.15, 0.2) is 42.5 Å². The van der Waals surface area contributed by atoms with E-state index < -0.39 is 10.9 Å². The van der Waals surface area contributed by atoms with Crippen LogP contribution in [0.25, 0.3) is 0 Å². The van der Waals surface area contributed by atoms with Crippen LogP contribution in [-0.2, 0) is 4.74 Å². The molecule has 0 aliphatic rings. The molecule has 0 aliphatic carbocycles. The van der Waals surface area contributed by atoms with E-state index in [0.29, 0.717) is 11.3 Å². The van der Waals surface area contributed by atoms with Gasteiger partial charge in [0.05, 0.1) is 10.5 Å². The highest BCUT2D eigenvalue weighted by Gasteiger charge is 2.14. The van der Waals surface area contributed by atoms with Crippen LogP contribution in [-0.4, -0.2) is 24.1 Å². The second-order valence-corrected chi connectivity index (χ2v) is 5.06. The molecule has 2 rings (SSSR count). The van der Waals surface area contributed by atoms with Crippen LogP contribution in [0, 0.1) is 24.0 Å². The van der Waals surface area contributed by atoms with E-state index in [9.17, 15) is 14.9 Å². The summed E-state index contributed by atoms with van der Waals surface area (Å²) >= 11 is 0. The first-order chi connectivity index (χ1) is 11.0. The summed E-state index contributed by atoms with van der Waals surface area (Å²) in [5.74, 6) is 0.174. The maximum Gasteiger partial charge on any atom is 0.338 e. The molecule has 0 atom stereocenters. The van der Waals surface area contributed by atoms with E-state index in [1.807, 2.05) is 31.2 Å². The Balaban J connectivity index is 1.84. The van der Waals surface area contributed by atoms with Gasteiger partial charge in [-0.3, -0.25) is 10.1 Å². The summed E-state index contributed by atoms with van der Waals surface area (Å²) in [4.78, 5) is 22.1. The van der Waals surface area contributed by atoms with Gasteiger partial charge in [0.2, 0.25) is 0 Å². The molecular formula is C17H17NO5. The van der Waals surface area contributed by atoms with E-state index in [-0.39, 0.29) is 24.5 Å². The highest BCUT2D eigenvalue weighted by atomic mass is 16.6. The van der Waals surface area contributed by atoms with Crippen LogP contribution >= 0.6 is 0 Å². The van der Waals surface area contributed by atoms with E-state index in [0.717, 1.165) is 5.56 Å². The van der Waals surface area contributed by atoms with Crippen molar-refractivity contribution in [2.45, 2.75) is 13.8 Å². The second-order valence-electron chi connectivity index (χ2n) is 5.06. The van der Waals surface area contributed by atoms with Gasteiger partial charge in [-0.1, -0.05) is 17.7 Å². The van der Waals surface area contributed by atoms with Crippen LogP contribution in [0.1, 0.15) is 21.5 Å². The average molecular weight is 315 g/mol. The van der Waals surface area contributed by atoms with Crippen molar-refractivity contribution in [2.24, 2.45) is 0 Å². The number of aryl methyl sites for hydroxylation is 2. The number of nitrogens with zero attached hydrogens (tertiary/aromatic N) is 1. The number of nitro benzene ring substituents is 1. The van der Waals surface area contributed by atoms with Gasteiger partial charge < -0.3 is 9.47 Å². The monoisotopic (exact) mass is 315 g/mol. The maximum absolute atomic E-state index is 11.9. The highest BCUT2D eigenvalue weighted by molar-refractivity contribution is 5.90. The summed E-state index contributed by atoms with van der Waals surface area (Å²) in [6.45, 7) is 3.90. The Morgan fingerprint density at radius 1 is 1.09 bits per heavy atom. The van der Waals surface area contributed by atoms with Crippen molar-refractivity contribution in [3.63, 3.8) is 0 Å². The van der Waals surface area contributed by atoms with Gasteiger partial charge in [0.15, 0.2) is 0 Å². The number of ether oxygens (including phenoxy) is 2. The Morgan fingerprint density at radius 3 is 2.39 bits per heavy atom. The lowest BCUT2D eigenvalue weighted by Crippen LogP contribution is -2.12. The van der Waals surface area contributed by atoms with Gasteiger partial charge in [0.25, 0.3) is 5.69 Å². The van der Waals surface area contributed by atoms with E-state index in [1.165, 1.54) is 18.2 Å². The largest absolute Gasteiger partial charge is 0.490 e. The molecule has 0 bridgehead atoms. The highest BCUT2D eigenvalue weighted by Crippen LogP contribution is 2.19. The van der Waals surface area contributed by atoms with Crippen LogP contribution in [0.5, 0.6) is 5.75 Å². The molecule has 0 aliphatic heterocycles. The lowest BCUT2D eigenvalue weighted by Gasteiger charge is -2.08. The van der Waals surface area contributed by atoms with E-state index in [2.05, 4.69) is 0 Å². The molecule has 0 fully saturated rings. The molecule has 0 N–H and O–H groups in total. The summed E-state index contributed by atoms with van der Waals surface area (Å²) in [5.41, 5.74) is 1.81. The van der Waals surface area contributed by atoms with E-state index in [1.54, 1.807) is 6.92 Å². The number of carbonyl (C=O) groups excluding carboxylic acids is 1. The van der Waals surface area contributed by atoms with Gasteiger partial charge in [0, 0.05) is 11.6 Å². The minimum atomic E-state index is -0.532. The number of hydrogen-bond acceptors (Lipinski definition) is 5. The minimum absolute atomic E-state index is 0.0238. The Labute approximate surface area is 133 Å². The fourth-order valence-electron chi connectivity index (χ4n) is 2.00. The number of nitro groups is 1. The van der Waals surface area contributed by atoms with Crippen LogP contribution in [0.2, 0.25) is 0 Å². The molecule has 0 aromatic heterocycles. The topological polar surface area (TPSA) is 78.7 Å². The van der Waals surface area contributed by atoms with Crippen LogP contribution in [0.3, 0.4) is 0 Å². The van der Waals surface area contributed by atoms with Crippen molar-refractivity contribution in [1.82, 2.24) is 0 Å². The molecule has 23 heavy (non-hydrogen) atoms. The lowest BCUT2D eigenvalue weighted by atomic mass is 10.1. The quantitative estimate of drug-likeness (QED) is 0.353. The minimum Gasteiger partial charge on any atom is -0.490 e. The molecule has 6 heteroatoms. The van der Waals surface area contributed by atoms with Gasteiger partial charge in [-0.25, -0.2) is 4.79 Å². The van der Waals surface area contributed by atoms with Crippen molar-refractivity contribution >= 4 is 11.7 Å². The first-order valence-electron chi connectivity index (χ1n) is 7.09. The number of hydrogen-bond donors (Lipinski definition) is 0. The van der Waals surface area contributed by atoms with Crippen molar-refractivity contribution in [3.05, 3.63) is 69.3 Å². The van der Waals surface area contributed by atoms with Crippen molar-refractivity contribution in [2.75, 3.05) is 13.2 Å². The van der Waals surface area contributed by atoms with Crippen molar-refractivity contribution < 1.29 is 19.2 Å². The third kappa shape index (κ3) is 4.54. The SMILES string of the molecule is Cc1ccc(OCCOC(=O)c2ccc([N+](=O)[O-])c(C)c2)cc1. The fourth-order valence-corrected chi connectivity index (χ4v) is 2.00. The Morgan fingerprint density at radius 2 is 1.78 bits per heavy atom. The zero-order valence-corrected chi connectivity index (χ0v) is 12.9. The normalized spacial score (nSPS) is 10.2. The summed E-state index contributed by atoms with van der Waals surface area (Å²) < 4.78 is 10.6. The molecule has 0 spiro atoms. The smallest absolute Gasteiger partial charge is 0.338 e. The van der Waals surface area contributed by atoms with Gasteiger partial charge in [-0.05, 0) is 38.1 Å². The molecule has 2 aromatic rings. The zero-order valence-electron chi connectivity index (χ0n) is 12.9. The van der Waals surface area contributed by atoms with Crippen LogP contribution < -0.4 is 4.74 Å². The molecule has 0 heterocycles. The third-order valence-electron chi connectivity index (χ3n) is 3.24. The Bertz CT molecular complexity index is 709. The molecule has 0 unspecified atom stereocenters. The van der Waals surface area contributed by atoms with Gasteiger partial charge in [-0.15, -0.1) is 0 Å². The second kappa shape index (κ2) is 7.40. The van der Waals surface area contributed by atoms with E-state index >= 15 is 0 Å². The number of carbonyl (C=O) groups is 1. The number of benzene rings is 2. The molecule has 0 saturated carbocycles. The molecule has 6 nitrogen and oxygen atoms in total. The summed E-state index contributed by atoms with van der Waals surface area (Å²) in [6, 6.07) is 11.7. The Kier molecular flexibility index (Phi) is 5.30. The predicted molar refractivity (Wildman–Crippen MR) is 84.8 cm³/mol. The Hall–Kier alpha value is -2.89. The van der Waals surface area contributed by atoms with Gasteiger partial charge in [0.1, 0.15) is 19.0 Å². The molecule has 2 aromatic carbocycles. The first-order valence-corrected chi connectivity index (χ1v) is 7.09. The van der Waals surface area contributed by atoms with Gasteiger partial charge >= 0.3 is 5.97 Å². The molecule has 120 valence electrons. The molecule has 0 amide bonds. The first kappa shape index (κ1) is 16.5. The summed E-state index contributed by atoms with van der Waals surface area (Å²) in [7, 11) is 0. The summed E-state index contributed by atoms with van der Waals surface area (Å²) in [5, 5.41) is 10.7. The predicted octanol–water partition coefficient (Wildman–Crippen LogP) is 3.45. The van der Waals surface area contributed by atoms with Crippen LogP contribution in [0.4, 0.5) is 5.69 Å². The standard InChI is InChI=1S/C17H17NO5/c1-12-3-6-15(7-4-12)22-9-10-23-17(19)14-5-8-16(18(20)21)13(2)11-14/h3-8,11H,9-10H2,1-2H3.